The van der Waals surface area contributed by atoms with Crippen molar-refractivity contribution < 1.29 is 19.1 Å². The van der Waals surface area contributed by atoms with Crippen molar-refractivity contribution in [3.8, 4) is 11.1 Å². The van der Waals surface area contributed by atoms with Gasteiger partial charge in [0.15, 0.2) is 6.04 Å². The lowest BCUT2D eigenvalue weighted by molar-refractivity contribution is -0.144. The average Bonchev–Trinajstić information content (AvgIpc) is 3.23. The number of ether oxygens (including phenoxy) is 2. The number of rotatable bonds is 8. The summed E-state index contributed by atoms with van der Waals surface area (Å²) in [6.45, 7) is 7.16. The van der Waals surface area contributed by atoms with Crippen molar-refractivity contribution in [2.24, 2.45) is 7.05 Å². The van der Waals surface area contributed by atoms with E-state index >= 15 is 0 Å². The van der Waals surface area contributed by atoms with Gasteiger partial charge >= 0.3 is 12.1 Å². The van der Waals surface area contributed by atoms with Crippen LogP contribution in [0.1, 0.15) is 39.3 Å². The van der Waals surface area contributed by atoms with E-state index in [0.29, 0.717) is 11.3 Å². The zero-order valence-corrected chi connectivity index (χ0v) is 20.6. The second-order valence-electron chi connectivity index (χ2n) is 8.97. The van der Waals surface area contributed by atoms with Crippen LogP contribution in [0.15, 0.2) is 55.0 Å². The predicted octanol–water partition coefficient (Wildman–Crippen LogP) is 3.67. The van der Waals surface area contributed by atoms with E-state index in [9.17, 15) is 9.59 Å². The summed E-state index contributed by atoms with van der Waals surface area (Å²) in [4.78, 5) is 30.2. The number of pyridine rings is 1. The molecule has 2 heterocycles. The first-order valence-corrected chi connectivity index (χ1v) is 11.3. The van der Waals surface area contributed by atoms with Crippen LogP contribution < -0.4 is 16.4 Å². The normalized spacial score (nSPS) is 12.9. The summed E-state index contributed by atoms with van der Waals surface area (Å²) in [5.74, 6) is -0.294. The van der Waals surface area contributed by atoms with Crippen molar-refractivity contribution in [1.29, 1.82) is 0 Å². The minimum atomic E-state index is -1.04. The summed E-state index contributed by atoms with van der Waals surface area (Å²) in [6.07, 6.45) is 4.52. The smallest absolute Gasteiger partial charge is 0.408 e. The first-order valence-electron chi connectivity index (χ1n) is 11.3. The molecule has 0 spiro atoms. The Morgan fingerprint density at radius 2 is 1.86 bits per heavy atom. The van der Waals surface area contributed by atoms with Crippen LogP contribution in [0, 0.1) is 0 Å². The van der Waals surface area contributed by atoms with Gasteiger partial charge < -0.3 is 25.8 Å². The standard InChI is InChI=1S/C25H32N6O4/c1-6-34-23(32)21(20(16-10-8-7-9-11-16)30-24(33)35-25(2,3)4)29-22-19(26)12-17(13-27-22)18-14-28-31(5)15-18/h7-15,20-21H,6,26H2,1-5H3,(H,27,29)(H,30,33)/t20-,21+/m0/s1. The zero-order valence-electron chi connectivity index (χ0n) is 20.6. The predicted molar refractivity (Wildman–Crippen MR) is 133 cm³/mol. The van der Waals surface area contributed by atoms with Crippen LogP contribution in [0.2, 0.25) is 0 Å². The topological polar surface area (TPSA) is 133 Å². The van der Waals surface area contributed by atoms with Crippen LogP contribution in [0.25, 0.3) is 11.1 Å². The number of hydrogen-bond acceptors (Lipinski definition) is 8. The molecule has 0 aliphatic heterocycles. The zero-order chi connectivity index (χ0) is 25.6. The number of amides is 1. The van der Waals surface area contributed by atoms with E-state index in [1.165, 1.54) is 0 Å². The molecule has 0 saturated heterocycles. The van der Waals surface area contributed by atoms with Crippen molar-refractivity contribution in [2.45, 2.75) is 45.4 Å². The van der Waals surface area contributed by atoms with Gasteiger partial charge in [0.05, 0.1) is 24.5 Å². The van der Waals surface area contributed by atoms with Crippen LogP contribution in [-0.4, -0.2) is 45.1 Å². The minimum absolute atomic E-state index is 0.161. The molecule has 0 radical (unpaired) electrons. The number of nitrogens with zero attached hydrogens (tertiary/aromatic N) is 3. The van der Waals surface area contributed by atoms with E-state index in [1.807, 2.05) is 31.4 Å². The van der Waals surface area contributed by atoms with Crippen LogP contribution in [0.4, 0.5) is 16.3 Å². The molecular formula is C25H32N6O4. The SMILES string of the molecule is CCOC(=O)[C@H](Nc1ncc(-c2cnn(C)c2)cc1N)[C@@H](NC(=O)OC(C)(C)C)c1ccccc1. The van der Waals surface area contributed by atoms with Crippen LogP contribution in [0.3, 0.4) is 0 Å². The summed E-state index contributed by atoms with van der Waals surface area (Å²) in [7, 11) is 1.82. The van der Waals surface area contributed by atoms with Crippen LogP contribution in [0.5, 0.6) is 0 Å². The molecule has 1 amide bonds. The number of aromatic nitrogens is 3. The molecule has 0 aliphatic carbocycles. The largest absolute Gasteiger partial charge is 0.464 e. The third-order valence-corrected chi connectivity index (χ3v) is 4.95. The molecular weight excluding hydrogens is 448 g/mol. The highest BCUT2D eigenvalue weighted by atomic mass is 16.6. The number of nitrogen functional groups attached to an aromatic ring is 1. The van der Waals surface area contributed by atoms with E-state index in [0.717, 1.165) is 11.1 Å². The number of esters is 1. The maximum Gasteiger partial charge on any atom is 0.408 e. The first-order chi connectivity index (χ1) is 16.6. The molecule has 0 saturated carbocycles. The molecule has 35 heavy (non-hydrogen) atoms. The lowest BCUT2D eigenvalue weighted by Crippen LogP contribution is -2.47. The number of benzene rings is 1. The van der Waals surface area contributed by atoms with Crippen LogP contribution >= 0.6 is 0 Å². The highest BCUT2D eigenvalue weighted by molar-refractivity contribution is 5.83. The van der Waals surface area contributed by atoms with Crippen molar-refractivity contribution in [3.05, 3.63) is 60.6 Å². The van der Waals surface area contributed by atoms with Gasteiger partial charge in [-0.2, -0.15) is 5.10 Å². The van der Waals surface area contributed by atoms with E-state index in [1.54, 1.807) is 63.0 Å². The van der Waals surface area contributed by atoms with E-state index in [-0.39, 0.29) is 12.4 Å². The minimum Gasteiger partial charge on any atom is -0.464 e. The molecule has 2 aromatic heterocycles. The van der Waals surface area contributed by atoms with Gasteiger partial charge in [0.1, 0.15) is 11.4 Å². The summed E-state index contributed by atoms with van der Waals surface area (Å²) in [6, 6.07) is 8.96. The maximum absolute atomic E-state index is 13.1. The second-order valence-corrected chi connectivity index (χ2v) is 8.97. The van der Waals surface area contributed by atoms with Crippen molar-refractivity contribution in [3.63, 3.8) is 0 Å². The van der Waals surface area contributed by atoms with Gasteiger partial charge in [-0.1, -0.05) is 30.3 Å². The van der Waals surface area contributed by atoms with Crippen molar-refractivity contribution in [1.82, 2.24) is 20.1 Å². The van der Waals surface area contributed by atoms with E-state index < -0.39 is 29.7 Å². The summed E-state index contributed by atoms with van der Waals surface area (Å²) < 4.78 is 12.4. The Hall–Kier alpha value is -4.08. The molecule has 0 unspecified atom stereocenters. The molecule has 0 bridgehead atoms. The Morgan fingerprint density at radius 1 is 1.14 bits per heavy atom. The van der Waals surface area contributed by atoms with Gasteiger partial charge in [0.2, 0.25) is 0 Å². The fourth-order valence-corrected chi connectivity index (χ4v) is 3.44. The molecule has 0 fully saturated rings. The van der Waals surface area contributed by atoms with Crippen LogP contribution in [-0.2, 0) is 21.3 Å². The fourth-order valence-electron chi connectivity index (χ4n) is 3.44. The molecule has 186 valence electrons. The Morgan fingerprint density at radius 3 is 2.43 bits per heavy atom. The lowest BCUT2D eigenvalue weighted by Gasteiger charge is -2.29. The number of alkyl carbamates (subject to hydrolysis) is 1. The molecule has 2 atom stereocenters. The molecule has 1 aromatic carbocycles. The molecule has 3 rings (SSSR count). The lowest BCUT2D eigenvalue weighted by atomic mass is 9.99. The Bertz CT molecular complexity index is 1160. The maximum atomic E-state index is 13.1. The second kappa shape index (κ2) is 10.9. The Labute approximate surface area is 204 Å². The number of carbonyl (C=O) groups is 2. The molecule has 4 N–H and O–H groups in total. The van der Waals surface area contributed by atoms with Gasteiger partial charge in [0.25, 0.3) is 0 Å². The molecule has 3 aromatic rings. The number of nitrogens with one attached hydrogen (secondary N) is 2. The summed E-state index contributed by atoms with van der Waals surface area (Å²) in [5, 5.41) is 10.1. The van der Waals surface area contributed by atoms with Crippen molar-refractivity contribution >= 4 is 23.6 Å². The average molecular weight is 481 g/mol. The molecule has 10 heteroatoms. The van der Waals surface area contributed by atoms with Gasteiger partial charge in [-0.3, -0.25) is 4.68 Å². The Balaban J connectivity index is 1.95. The van der Waals surface area contributed by atoms with Gasteiger partial charge in [-0.25, -0.2) is 14.6 Å². The number of carbonyl (C=O) groups excluding carboxylic acids is 2. The van der Waals surface area contributed by atoms with Gasteiger partial charge in [0, 0.05) is 30.6 Å². The highest BCUT2D eigenvalue weighted by Gasteiger charge is 2.34. The summed E-state index contributed by atoms with van der Waals surface area (Å²) in [5.41, 5.74) is 8.21. The third kappa shape index (κ3) is 6.95. The highest BCUT2D eigenvalue weighted by Crippen LogP contribution is 2.28. The Kier molecular flexibility index (Phi) is 7.95. The van der Waals surface area contributed by atoms with E-state index in [4.69, 9.17) is 15.2 Å². The monoisotopic (exact) mass is 480 g/mol. The summed E-state index contributed by atoms with van der Waals surface area (Å²) >= 11 is 0. The number of anilines is 2. The molecule has 10 nitrogen and oxygen atoms in total. The molecule has 0 aliphatic rings. The third-order valence-electron chi connectivity index (χ3n) is 4.95. The van der Waals surface area contributed by atoms with Gasteiger partial charge in [-0.15, -0.1) is 0 Å². The van der Waals surface area contributed by atoms with E-state index in [2.05, 4.69) is 20.7 Å². The quantitative estimate of drug-likeness (QED) is 0.416. The number of nitrogens with two attached hydrogens (primary N) is 1. The fraction of sp³-hybridized carbons (Fsp3) is 0.360. The van der Waals surface area contributed by atoms with Gasteiger partial charge in [-0.05, 0) is 39.3 Å². The van der Waals surface area contributed by atoms with Crippen molar-refractivity contribution in [2.75, 3.05) is 17.7 Å². The number of aryl methyl sites for hydroxylation is 1. The first kappa shape index (κ1) is 25.5. The number of hydrogen-bond donors (Lipinski definition) is 3.